The lowest BCUT2D eigenvalue weighted by atomic mass is 10.1. The fourth-order valence-corrected chi connectivity index (χ4v) is 2.29. The van der Waals surface area contributed by atoms with Gasteiger partial charge in [0.15, 0.2) is 0 Å². The molecule has 0 spiro atoms. The van der Waals surface area contributed by atoms with Crippen LogP contribution in [0.4, 0.5) is 0 Å². The number of aryl methyl sites for hydroxylation is 1. The molecule has 0 amide bonds. The standard InChI is InChI=1S/C15H14N2O3/c1-2-14-16-5-6-17(14)9-10-3-4-12-11(7-10)8-13(20-12)15(18)19/h3-8H,2,9H2,1H3,(H,18,19). The van der Waals surface area contributed by atoms with Crippen molar-refractivity contribution < 1.29 is 14.3 Å². The minimum Gasteiger partial charge on any atom is -0.475 e. The number of rotatable bonds is 4. The molecule has 20 heavy (non-hydrogen) atoms. The van der Waals surface area contributed by atoms with Gasteiger partial charge in [0.05, 0.1) is 0 Å². The zero-order valence-corrected chi connectivity index (χ0v) is 11.0. The van der Waals surface area contributed by atoms with E-state index in [0.29, 0.717) is 12.1 Å². The summed E-state index contributed by atoms with van der Waals surface area (Å²) in [5.74, 6) is -0.0526. The molecule has 2 heterocycles. The molecule has 1 aromatic carbocycles. The molecule has 5 heteroatoms. The summed E-state index contributed by atoms with van der Waals surface area (Å²) in [6, 6.07) is 7.25. The Kier molecular flexibility index (Phi) is 3.02. The van der Waals surface area contributed by atoms with E-state index in [1.807, 2.05) is 18.3 Å². The van der Waals surface area contributed by atoms with Gasteiger partial charge in [-0.2, -0.15) is 0 Å². The van der Waals surface area contributed by atoms with Crippen molar-refractivity contribution in [3.8, 4) is 0 Å². The second-order valence-corrected chi connectivity index (χ2v) is 4.61. The molecule has 0 aliphatic heterocycles. The lowest BCUT2D eigenvalue weighted by Crippen LogP contribution is -2.03. The van der Waals surface area contributed by atoms with Gasteiger partial charge < -0.3 is 14.1 Å². The molecule has 0 fully saturated rings. The number of aromatic nitrogens is 2. The van der Waals surface area contributed by atoms with Gasteiger partial charge in [-0.05, 0) is 23.8 Å². The van der Waals surface area contributed by atoms with Crippen LogP contribution in [0.25, 0.3) is 11.0 Å². The van der Waals surface area contributed by atoms with Crippen LogP contribution in [0.1, 0.15) is 28.9 Å². The molecule has 0 aliphatic carbocycles. The molecule has 3 rings (SSSR count). The molecule has 0 radical (unpaired) electrons. The number of hydrogen-bond donors (Lipinski definition) is 1. The Morgan fingerprint density at radius 1 is 1.40 bits per heavy atom. The van der Waals surface area contributed by atoms with Crippen LogP contribution in [0.2, 0.25) is 0 Å². The average Bonchev–Trinajstić information content (AvgIpc) is 3.04. The van der Waals surface area contributed by atoms with Crippen molar-refractivity contribution in [3.05, 3.63) is 53.8 Å². The summed E-state index contributed by atoms with van der Waals surface area (Å²) >= 11 is 0. The topological polar surface area (TPSA) is 68.3 Å². The highest BCUT2D eigenvalue weighted by Gasteiger charge is 2.11. The first-order chi connectivity index (χ1) is 9.67. The van der Waals surface area contributed by atoms with Crippen molar-refractivity contribution >= 4 is 16.9 Å². The maximum atomic E-state index is 10.9. The molecule has 3 aromatic rings. The van der Waals surface area contributed by atoms with Crippen molar-refractivity contribution in [2.45, 2.75) is 19.9 Å². The largest absolute Gasteiger partial charge is 0.475 e. The normalized spacial score (nSPS) is 11.1. The number of hydrogen-bond acceptors (Lipinski definition) is 3. The molecule has 0 atom stereocenters. The number of furan rings is 1. The van der Waals surface area contributed by atoms with Crippen LogP contribution in [0.15, 0.2) is 41.1 Å². The Balaban J connectivity index is 1.94. The number of fused-ring (bicyclic) bond motifs is 1. The smallest absolute Gasteiger partial charge is 0.371 e. The van der Waals surface area contributed by atoms with E-state index in [-0.39, 0.29) is 5.76 Å². The molecule has 102 valence electrons. The number of benzene rings is 1. The van der Waals surface area contributed by atoms with Crippen LogP contribution in [0.5, 0.6) is 0 Å². The maximum absolute atomic E-state index is 10.9. The number of carboxylic acids is 1. The average molecular weight is 270 g/mol. The SMILES string of the molecule is CCc1nccn1Cc1ccc2oc(C(=O)O)cc2c1. The molecule has 5 nitrogen and oxygen atoms in total. The third kappa shape index (κ3) is 2.18. The predicted octanol–water partition coefficient (Wildman–Crippen LogP) is 2.94. The van der Waals surface area contributed by atoms with E-state index in [1.165, 1.54) is 0 Å². The summed E-state index contributed by atoms with van der Waals surface area (Å²) in [5.41, 5.74) is 1.68. The van der Waals surface area contributed by atoms with Gasteiger partial charge in [-0.1, -0.05) is 13.0 Å². The quantitative estimate of drug-likeness (QED) is 0.791. The van der Waals surface area contributed by atoms with Crippen molar-refractivity contribution in [1.29, 1.82) is 0 Å². The van der Waals surface area contributed by atoms with Gasteiger partial charge in [0, 0.05) is 30.7 Å². The zero-order chi connectivity index (χ0) is 14.1. The molecule has 0 saturated carbocycles. The second-order valence-electron chi connectivity index (χ2n) is 4.61. The molecular formula is C15H14N2O3. The van der Waals surface area contributed by atoms with E-state index in [1.54, 1.807) is 18.3 Å². The Hall–Kier alpha value is -2.56. The molecule has 0 saturated heterocycles. The molecule has 0 unspecified atom stereocenters. The van der Waals surface area contributed by atoms with Gasteiger partial charge in [-0.25, -0.2) is 9.78 Å². The van der Waals surface area contributed by atoms with Gasteiger partial charge in [0.1, 0.15) is 11.4 Å². The summed E-state index contributed by atoms with van der Waals surface area (Å²) in [4.78, 5) is 15.2. The third-order valence-electron chi connectivity index (χ3n) is 3.26. The predicted molar refractivity (Wildman–Crippen MR) is 73.9 cm³/mol. The number of carboxylic acid groups (broad SMARTS) is 1. The van der Waals surface area contributed by atoms with Gasteiger partial charge in [-0.3, -0.25) is 0 Å². The van der Waals surface area contributed by atoms with E-state index < -0.39 is 5.97 Å². The van der Waals surface area contributed by atoms with Gasteiger partial charge >= 0.3 is 5.97 Å². The highest BCUT2D eigenvalue weighted by atomic mass is 16.4. The van der Waals surface area contributed by atoms with Crippen LogP contribution in [-0.4, -0.2) is 20.6 Å². The van der Waals surface area contributed by atoms with Crippen molar-refractivity contribution in [2.24, 2.45) is 0 Å². The van der Waals surface area contributed by atoms with Crippen molar-refractivity contribution in [2.75, 3.05) is 0 Å². The first-order valence-electron chi connectivity index (χ1n) is 6.43. The van der Waals surface area contributed by atoms with E-state index >= 15 is 0 Å². The molecule has 0 bridgehead atoms. The highest BCUT2D eigenvalue weighted by molar-refractivity contribution is 5.91. The minimum atomic E-state index is -1.05. The molecule has 1 N–H and O–H groups in total. The summed E-state index contributed by atoms with van der Waals surface area (Å²) in [6.45, 7) is 2.78. The van der Waals surface area contributed by atoms with Crippen LogP contribution in [0.3, 0.4) is 0 Å². The monoisotopic (exact) mass is 270 g/mol. The number of imidazole rings is 1. The van der Waals surface area contributed by atoms with Gasteiger partial charge in [-0.15, -0.1) is 0 Å². The van der Waals surface area contributed by atoms with Gasteiger partial charge in [0.25, 0.3) is 0 Å². The van der Waals surface area contributed by atoms with Crippen LogP contribution in [0, 0.1) is 0 Å². The van der Waals surface area contributed by atoms with Crippen LogP contribution < -0.4 is 0 Å². The summed E-state index contributed by atoms with van der Waals surface area (Å²) < 4.78 is 7.33. The zero-order valence-electron chi connectivity index (χ0n) is 11.0. The molecule has 2 aromatic heterocycles. The van der Waals surface area contributed by atoms with E-state index in [9.17, 15) is 4.79 Å². The van der Waals surface area contributed by atoms with E-state index in [2.05, 4.69) is 16.5 Å². The second kappa shape index (κ2) is 4.85. The third-order valence-corrected chi connectivity index (χ3v) is 3.26. The highest BCUT2D eigenvalue weighted by Crippen LogP contribution is 2.21. The van der Waals surface area contributed by atoms with Crippen molar-refractivity contribution in [3.63, 3.8) is 0 Å². The lowest BCUT2D eigenvalue weighted by molar-refractivity contribution is 0.0665. The van der Waals surface area contributed by atoms with Crippen molar-refractivity contribution in [1.82, 2.24) is 9.55 Å². The first kappa shape index (κ1) is 12.5. The summed E-state index contributed by atoms with van der Waals surface area (Å²) in [7, 11) is 0. The Morgan fingerprint density at radius 3 is 3.00 bits per heavy atom. The number of nitrogens with zero attached hydrogens (tertiary/aromatic N) is 2. The number of aromatic carboxylic acids is 1. The summed E-state index contributed by atoms with van der Waals surface area (Å²) in [5, 5.41) is 9.73. The van der Waals surface area contributed by atoms with Crippen LogP contribution >= 0.6 is 0 Å². The molecular weight excluding hydrogens is 256 g/mol. The number of carbonyl (C=O) groups is 1. The lowest BCUT2D eigenvalue weighted by Gasteiger charge is -2.06. The van der Waals surface area contributed by atoms with E-state index in [0.717, 1.165) is 23.2 Å². The van der Waals surface area contributed by atoms with E-state index in [4.69, 9.17) is 9.52 Å². The van der Waals surface area contributed by atoms with Crippen LogP contribution in [-0.2, 0) is 13.0 Å². The minimum absolute atomic E-state index is 0.0333. The first-order valence-corrected chi connectivity index (χ1v) is 6.43. The molecule has 0 aliphatic rings. The Morgan fingerprint density at radius 2 is 2.25 bits per heavy atom. The fourth-order valence-electron chi connectivity index (χ4n) is 2.29. The van der Waals surface area contributed by atoms with Gasteiger partial charge in [0.2, 0.25) is 5.76 Å². The summed E-state index contributed by atoms with van der Waals surface area (Å²) in [6.07, 6.45) is 4.61. The Bertz CT molecular complexity index is 770. The maximum Gasteiger partial charge on any atom is 0.371 e. The Labute approximate surface area is 115 Å². The fraction of sp³-hybridized carbons (Fsp3) is 0.200.